The van der Waals surface area contributed by atoms with Crippen molar-refractivity contribution in [3.63, 3.8) is 0 Å². The lowest BCUT2D eigenvalue weighted by molar-refractivity contribution is -0.199. The summed E-state index contributed by atoms with van der Waals surface area (Å²) in [5.74, 6) is -0.00500. The highest BCUT2D eigenvalue weighted by molar-refractivity contribution is 7.99. The number of aromatic nitrogens is 12. The number of imidazole rings is 2. The number of nitrogens with two attached hydrogens (primary N) is 2. The Morgan fingerprint density at radius 1 is 0.496 bits per heavy atom. The number of hydrogen-bond acceptors (Lipinski definition) is 30. The molecular formula is C82H102N14O19S3Si. The molecule has 636 valence electrons. The average molecular weight is 1710 g/mol. The number of benzene rings is 3. The van der Waals surface area contributed by atoms with Crippen LogP contribution >= 0.6 is 35.3 Å². The molecule has 16 atom stereocenters. The van der Waals surface area contributed by atoms with Gasteiger partial charge in [-0.1, -0.05) is 100 Å². The van der Waals surface area contributed by atoms with Gasteiger partial charge in [-0.05, 0) is 108 Å². The summed E-state index contributed by atoms with van der Waals surface area (Å²) in [5.41, 5.74) is 13.8. The van der Waals surface area contributed by atoms with Gasteiger partial charge in [-0.25, -0.2) is 39.5 Å². The van der Waals surface area contributed by atoms with Gasteiger partial charge < -0.3 is 82.2 Å². The summed E-state index contributed by atoms with van der Waals surface area (Å²) in [6, 6.07) is 29.9. The smallest absolute Gasteiger partial charge is 0.330 e. The van der Waals surface area contributed by atoms with Crippen LogP contribution in [0.4, 0.5) is 11.6 Å². The number of hydrogen-bond donors (Lipinski definition) is 4. The zero-order chi connectivity index (χ0) is 83.8. The molecule has 3 aromatic carbocycles. The third-order valence-electron chi connectivity index (χ3n) is 24.2. The lowest BCUT2D eigenvalue weighted by Gasteiger charge is -2.43. The summed E-state index contributed by atoms with van der Waals surface area (Å²) in [7, 11) is -0.691. The van der Waals surface area contributed by atoms with Gasteiger partial charge >= 0.3 is 11.4 Å². The van der Waals surface area contributed by atoms with E-state index in [1.54, 1.807) is 21.0 Å². The molecule has 0 amide bonds. The van der Waals surface area contributed by atoms with Gasteiger partial charge in [0, 0.05) is 40.8 Å². The van der Waals surface area contributed by atoms with Crippen molar-refractivity contribution < 1.29 is 70.7 Å². The fraction of sp³-hybridized carbons (Fsp3) is 0.561. The van der Waals surface area contributed by atoms with Crippen molar-refractivity contribution in [2.24, 2.45) is 5.92 Å². The van der Waals surface area contributed by atoms with Crippen molar-refractivity contribution in [2.75, 3.05) is 42.4 Å². The van der Waals surface area contributed by atoms with E-state index in [0.717, 1.165) is 16.7 Å². The SMILES string of the molecule is COc1ccc(C(OCc2cc(=O)[nH]c(=O)n2[C@@H]2O[C@H](CSCc3nc4c(N)ncnc4n3[C@@H]3O[C@H](CSCc4cc(=O)[nH]c(=O)n4[C@@H]4O[C@H](CSCc5nc6c(N)ncnc6n5[C@@H]5O[C@H](CO[Si](C)(C)C(C)(C)C(C)C)[C@H]6OC(C)(C)O[C@H]65)[C@H]5OC(C)(C)O[C@H]54)[C@H]4OC(C)(C)O[C@H]43)[C@H]3OC(C)(C)O[C@H]32)(c2ccccc2)c2ccccc2)cc1. The number of aromatic amines is 2. The van der Waals surface area contributed by atoms with E-state index in [9.17, 15) is 19.2 Å². The molecular weight excluding hydrogens is 1610 g/mol. The van der Waals surface area contributed by atoms with E-state index in [1.807, 2.05) is 136 Å². The van der Waals surface area contributed by atoms with Gasteiger partial charge in [0.15, 0.2) is 90.3 Å². The van der Waals surface area contributed by atoms with Crippen molar-refractivity contribution in [3.8, 4) is 5.75 Å². The molecule has 6 N–H and O–H groups in total. The molecule has 0 aliphatic carbocycles. The van der Waals surface area contributed by atoms with E-state index in [-0.39, 0.29) is 40.5 Å². The predicted molar refractivity (Wildman–Crippen MR) is 444 cm³/mol. The maximum Gasteiger partial charge on any atom is 0.330 e. The number of nitrogen functional groups attached to an aromatic ring is 2. The van der Waals surface area contributed by atoms with Gasteiger partial charge in [-0.3, -0.25) is 37.8 Å². The summed E-state index contributed by atoms with van der Waals surface area (Å²) in [6.07, 6.45) is -8.69. The number of thioether (sulfide) groups is 3. The normalized spacial score (nSPS) is 28.5. The van der Waals surface area contributed by atoms with E-state index in [1.165, 1.54) is 69.2 Å². The van der Waals surface area contributed by atoms with Crippen LogP contribution in [0, 0.1) is 5.92 Å². The molecule has 8 aliphatic rings. The number of fused-ring (bicyclic) bond motifs is 6. The largest absolute Gasteiger partial charge is 0.497 e. The van der Waals surface area contributed by atoms with Crippen LogP contribution < -0.4 is 38.7 Å². The first kappa shape index (κ1) is 83.5. The first-order chi connectivity index (χ1) is 56.6. The molecule has 33 nitrogen and oxygen atoms in total. The molecule has 0 radical (unpaired) electrons. The Bertz CT molecular complexity index is 5460. The predicted octanol–water partition coefficient (Wildman–Crippen LogP) is 9.48. The van der Waals surface area contributed by atoms with Crippen LogP contribution in [0.2, 0.25) is 18.1 Å². The monoisotopic (exact) mass is 1710 g/mol. The lowest BCUT2D eigenvalue weighted by atomic mass is 9.80. The van der Waals surface area contributed by atoms with Crippen molar-refractivity contribution in [1.29, 1.82) is 0 Å². The highest BCUT2D eigenvalue weighted by Gasteiger charge is 2.62. The molecule has 0 saturated carbocycles. The third kappa shape index (κ3) is 15.6. The summed E-state index contributed by atoms with van der Waals surface area (Å²) in [5, 5.41) is -0.0405. The van der Waals surface area contributed by atoms with E-state index < -0.39 is 158 Å². The highest BCUT2D eigenvalue weighted by Crippen LogP contribution is 2.53. The number of nitrogens with one attached hydrogen (secondary N) is 2. The second-order valence-electron chi connectivity index (χ2n) is 34.5. The van der Waals surface area contributed by atoms with Crippen LogP contribution in [0.15, 0.2) is 129 Å². The summed E-state index contributed by atoms with van der Waals surface area (Å²) in [4.78, 5) is 89.2. The topological polar surface area (TPSA) is 387 Å². The first-order valence-corrected chi connectivity index (χ1v) is 46.4. The zero-order valence-corrected chi connectivity index (χ0v) is 72.4. The number of methoxy groups -OCH3 is 1. The molecule has 17 rings (SSSR count). The van der Waals surface area contributed by atoms with Gasteiger partial charge in [0.25, 0.3) is 11.1 Å². The Morgan fingerprint density at radius 3 is 1.29 bits per heavy atom. The fourth-order valence-corrected chi connectivity index (χ4v) is 23.1. The molecule has 6 aromatic heterocycles. The van der Waals surface area contributed by atoms with Gasteiger partial charge in [0.1, 0.15) is 90.6 Å². The maximum atomic E-state index is 14.5. The van der Waals surface area contributed by atoms with Crippen LogP contribution in [0.25, 0.3) is 22.3 Å². The van der Waals surface area contributed by atoms with Gasteiger partial charge in [0.2, 0.25) is 0 Å². The second kappa shape index (κ2) is 31.8. The molecule has 0 unspecified atom stereocenters. The third-order valence-corrected chi connectivity index (χ3v) is 31.9. The fourth-order valence-electron chi connectivity index (χ4n) is 17.7. The van der Waals surface area contributed by atoms with Crippen LogP contribution in [-0.2, 0) is 95.5 Å². The Morgan fingerprint density at radius 2 is 0.866 bits per heavy atom. The molecule has 9 aromatic rings. The Kier molecular flexibility index (Phi) is 22.3. The molecule has 14 heterocycles. The van der Waals surface area contributed by atoms with Crippen LogP contribution in [-0.4, -0.2) is 194 Å². The van der Waals surface area contributed by atoms with Crippen molar-refractivity contribution in [2.45, 2.75) is 252 Å². The second-order valence-corrected chi connectivity index (χ2v) is 42.1. The van der Waals surface area contributed by atoms with E-state index >= 15 is 0 Å². The van der Waals surface area contributed by atoms with Crippen LogP contribution in [0.1, 0.15) is 148 Å². The van der Waals surface area contributed by atoms with E-state index in [4.69, 9.17) is 102 Å². The minimum absolute atomic E-state index is 0.0405. The minimum atomic E-state index is -2.30. The minimum Gasteiger partial charge on any atom is -0.497 e. The first-order valence-electron chi connectivity index (χ1n) is 40.1. The van der Waals surface area contributed by atoms with Crippen molar-refractivity contribution >= 4 is 77.6 Å². The summed E-state index contributed by atoms with van der Waals surface area (Å²) >= 11 is 4.44. The zero-order valence-electron chi connectivity index (χ0n) is 69.0. The molecule has 37 heteroatoms. The summed E-state index contributed by atoms with van der Waals surface area (Å²) in [6.45, 7) is 28.3. The van der Waals surface area contributed by atoms with Crippen molar-refractivity contribution in [1.82, 2.24) is 58.1 Å². The van der Waals surface area contributed by atoms with Gasteiger partial charge in [0.05, 0.1) is 55.8 Å². The molecule has 8 fully saturated rings. The number of nitrogens with zero attached hydrogens (tertiary/aromatic N) is 10. The number of ether oxygens (including phenoxy) is 14. The Hall–Kier alpha value is -7.77. The Balaban J connectivity index is 0.594. The average Bonchev–Trinajstić information content (AvgIpc) is 1.49. The quantitative estimate of drug-likeness (QED) is 0.0262. The molecule has 0 spiro atoms. The Labute approximate surface area is 699 Å². The van der Waals surface area contributed by atoms with E-state index in [2.05, 4.69) is 60.7 Å². The molecule has 8 aliphatic heterocycles. The van der Waals surface area contributed by atoms with Gasteiger partial charge in [-0.2, -0.15) is 35.3 Å². The number of H-pyrrole nitrogens is 2. The number of anilines is 2. The highest BCUT2D eigenvalue weighted by atomic mass is 32.2. The standard InChI is InChI=1S/C82H102N14O19S3Si/c1-42(2)77(3,4)119(14,15)103-33-49-59-63(112-78(5,6)108-59)73(104-49)95-53(89-57-67(83)85-40-87-69(57)95)38-118-37-52-61-65(114-80(9,10)110-61)72(106-52)94-47(31-56(98)92-76(94)100)34-116-35-50-62-66(115-81(11,12)111-62)74(107-50)96-54(90-58-68(84)86-41-88-70(58)96)39-117-36-51-60-64(113-79(7,8)109-60)71(105-51)93-46(30-55(97)91-75(93)99)32-102-82(43-22-18-16-19-23-43,44-24-20-17-21-25-44)45-26-28-48(101-13)29-27-45/h16-31,40-42,49-52,59-66,71-74H,32-39H2,1-15H3,(H2,83,85,87)(H2,84,86,88)(H,91,97,99)(H,92,98,100)/t49-,50-,51-,52-,59-,60-,61-,62-,63-,64-,65-,66-,71-,72-,73-,74-/m1/s1. The lowest BCUT2D eigenvalue weighted by Crippen LogP contribution is -2.47. The van der Waals surface area contributed by atoms with Crippen LogP contribution in [0.5, 0.6) is 5.75 Å². The molecule has 0 bridgehead atoms. The molecule has 119 heavy (non-hydrogen) atoms. The van der Waals surface area contributed by atoms with Gasteiger partial charge in [-0.15, -0.1) is 0 Å². The number of rotatable bonds is 28. The van der Waals surface area contributed by atoms with Crippen molar-refractivity contribution in [3.05, 3.63) is 191 Å². The van der Waals surface area contributed by atoms with Crippen LogP contribution in [0.3, 0.4) is 0 Å². The maximum absolute atomic E-state index is 14.5. The van der Waals surface area contributed by atoms with E-state index in [0.29, 0.717) is 81.0 Å². The summed E-state index contributed by atoms with van der Waals surface area (Å²) < 4.78 is 108. The molecule has 8 saturated heterocycles.